The van der Waals surface area contributed by atoms with Gasteiger partial charge in [-0.2, -0.15) is 13.2 Å². The Morgan fingerprint density at radius 1 is 1.00 bits per heavy atom. The number of benzene rings is 2. The summed E-state index contributed by atoms with van der Waals surface area (Å²) in [6, 6.07) is 15.8. The van der Waals surface area contributed by atoms with Gasteiger partial charge in [-0.25, -0.2) is 13.4 Å². The molecule has 0 fully saturated rings. The summed E-state index contributed by atoms with van der Waals surface area (Å²) >= 11 is 0. The monoisotopic (exact) mass is 666 g/mol. The van der Waals surface area contributed by atoms with Gasteiger partial charge in [0.1, 0.15) is 17.2 Å². The number of ether oxygens (including phenoxy) is 2. The highest BCUT2D eigenvalue weighted by Gasteiger charge is 2.39. The molecule has 0 radical (unpaired) electrons. The number of aliphatic carboxylic acids is 1. The third-order valence-electron chi connectivity index (χ3n) is 6.47. The third kappa shape index (κ3) is 11.8. The molecule has 45 heavy (non-hydrogen) atoms. The molecular formula is C31H33F3N2O7S2-2. The second kappa shape index (κ2) is 17.0. The van der Waals surface area contributed by atoms with Gasteiger partial charge in [0.05, 0.1) is 41.9 Å². The van der Waals surface area contributed by atoms with E-state index in [1.165, 1.54) is 29.8 Å². The van der Waals surface area contributed by atoms with Crippen molar-refractivity contribution in [1.29, 1.82) is 0 Å². The summed E-state index contributed by atoms with van der Waals surface area (Å²) in [5.41, 5.74) is -4.36. The van der Waals surface area contributed by atoms with Crippen LogP contribution in [0.4, 0.5) is 18.9 Å². The number of hydrogen-bond acceptors (Lipinski definition) is 8. The number of nitrogens with zero attached hydrogens (tertiary/aromatic N) is 2. The van der Waals surface area contributed by atoms with Crippen LogP contribution >= 0.6 is 0 Å². The molecule has 0 amide bonds. The molecule has 1 unspecified atom stereocenters. The molecule has 1 aromatic heterocycles. The number of methoxy groups -OCH3 is 1. The summed E-state index contributed by atoms with van der Waals surface area (Å²) in [5, 5.41) is 11.0. The van der Waals surface area contributed by atoms with Crippen LogP contribution in [0.2, 0.25) is 0 Å². The number of carboxylic acid groups (broad SMARTS) is 1. The Balaban J connectivity index is 1.50. The van der Waals surface area contributed by atoms with Crippen LogP contribution < -0.4 is 14.6 Å². The zero-order valence-corrected chi connectivity index (χ0v) is 26.1. The van der Waals surface area contributed by atoms with Gasteiger partial charge in [-0.3, -0.25) is 4.21 Å². The standard InChI is InChI=1S/C31H34F3N2O7S2/c1-42-26-15-12-23(13-16-26)9-6-4-2-3-5-7-20-43-29-18-14-25(35-28(29)17-19-30(37)38)22-44(39)27-11-8-10-24(21-27)36-45(40,41)31(32,33)34/h8,10-19,21H,2-7,9,20,22H2,1H3,(H,37,38)/q-1/p-1/b19-17+. The number of sulfonamides is 1. The van der Waals surface area contributed by atoms with Crippen LogP contribution in [0.3, 0.4) is 0 Å². The van der Waals surface area contributed by atoms with Crippen LogP contribution in [0.5, 0.6) is 11.5 Å². The van der Waals surface area contributed by atoms with Crippen LogP contribution in [-0.2, 0) is 37.8 Å². The van der Waals surface area contributed by atoms with E-state index in [9.17, 15) is 35.7 Å². The summed E-state index contributed by atoms with van der Waals surface area (Å²) in [5.74, 6) is -0.478. The molecule has 0 aliphatic carbocycles. The average Bonchev–Trinajstić information content (AvgIpc) is 2.99. The van der Waals surface area contributed by atoms with Gasteiger partial charge in [0, 0.05) is 4.90 Å². The summed E-state index contributed by atoms with van der Waals surface area (Å²) in [4.78, 5) is 15.4. The molecule has 9 nitrogen and oxygen atoms in total. The Morgan fingerprint density at radius 3 is 2.36 bits per heavy atom. The van der Waals surface area contributed by atoms with Gasteiger partial charge in [-0.05, 0) is 67.3 Å². The number of carbonyl (C=O) groups is 1. The lowest BCUT2D eigenvalue weighted by Crippen LogP contribution is -2.20. The van der Waals surface area contributed by atoms with Crippen molar-refractivity contribution in [3.8, 4) is 11.5 Å². The van der Waals surface area contributed by atoms with E-state index in [-0.39, 0.29) is 22.0 Å². The maximum Gasteiger partial charge on any atom is 0.483 e. The van der Waals surface area contributed by atoms with E-state index in [4.69, 9.17) is 9.47 Å². The maximum atomic E-state index is 12.9. The van der Waals surface area contributed by atoms with E-state index < -0.39 is 38.0 Å². The minimum absolute atomic E-state index is 0.0308. The van der Waals surface area contributed by atoms with E-state index >= 15 is 0 Å². The normalized spacial score (nSPS) is 12.6. The lowest BCUT2D eigenvalue weighted by Gasteiger charge is -2.23. The molecular weight excluding hydrogens is 633 g/mol. The smallest absolute Gasteiger partial charge is 0.483 e. The molecule has 244 valence electrons. The van der Waals surface area contributed by atoms with Crippen LogP contribution in [-0.4, -0.2) is 42.8 Å². The summed E-state index contributed by atoms with van der Waals surface area (Å²) in [6.45, 7) is 0.377. The number of aromatic nitrogens is 1. The van der Waals surface area contributed by atoms with Gasteiger partial charge in [-0.15, -0.1) is 5.69 Å². The fourth-order valence-corrected chi connectivity index (χ4v) is 5.75. The number of halogens is 3. The Kier molecular flexibility index (Phi) is 13.4. The van der Waals surface area contributed by atoms with E-state index in [0.29, 0.717) is 12.4 Å². The van der Waals surface area contributed by atoms with E-state index in [2.05, 4.69) is 21.8 Å². The van der Waals surface area contributed by atoms with Crippen molar-refractivity contribution in [1.82, 2.24) is 4.98 Å². The number of pyridine rings is 1. The second-order valence-corrected chi connectivity index (χ2v) is 13.0. The predicted molar refractivity (Wildman–Crippen MR) is 163 cm³/mol. The number of aryl methyl sites for hydroxylation is 1. The second-order valence-electron chi connectivity index (χ2n) is 9.91. The molecule has 0 saturated carbocycles. The van der Waals surface area contributed by atoms with Crippen LogP contribution in [0.1, 0.15) is 55.5 Å². The minimum atomic E-state index is -5.77. The molecule has 2 aromatic carbocycles. The first-order valence-electron chi connectivity index (χ1n) is 14.1. The molecule has 1 atom stereocenters. The largest absolute Gasteiger partial charge is 0.569 e. The molecule has 1 heterocycles. The first-order chi connectivity index (χ1) is 21.4. The highest BCUT2D eigenvalue weighted by atomic mass is 32.2. The van der Waals surface area contributed by atoms with Crippen molar-refractivity contribution in [3.05, 3.63) is 88.4 Å². The highest BCUT2D eigenvalue weighted by molar-refractivity contribution is 7.95. The molecule has 0 spiro atoms. The van der Waals surface area contributed by atoms with Gasteiger partial charge in [-0.1, -0.05) is 56.0 Å². The Morgan fingerprint density at radius 2 is 1.69 bits per heavy atom. The van der Waals surface area contributed by atoms with Crippen molar-refractivity contribution in [2.24, 2.45) is 0 Å². The third-order valence-corrected chi connectivity index (χ3v) is 8.85. The lowest BCUT2D eigenvalue weighted by molar-refractivity contribution is -0.297. The van der Waals surface area contributed by atoms with E-state index in [1.54, 1.807) is 13.2 Å². The maximum absolute atomic E-state index is 12.9. The Bertz CT molecular complexity index is 1580. The topological polar surface area (TPSA) is 137 Å². The van der Waals surface area contributed by atoms with Crippen molar-refractivity contribution >= 4 is 38.6 Å². The van der Waals surface area contributed by atoms with Gasteiger partial charge < -0.3 is 24.1 Å². The summed E-state index contributed by atoms with van der Waals surface area (Å²) < 4.78 is 87.4. The summed E-state index contributed by atoms with van der Waals surface area (Å²) in [7, 11) is -5.97. The number of carbonyl (C=O) groups excluding carboxylic acids is 1. The number of hydrogen-bond donors (Lipinski definition) is 0. The molecule has 14 heteroatoms. The quantitative estimate of drug-likeness (QED) is 0.120. The molecule has 0 bridgehead atoms. The minimum Gasteiger partial charge on any atom is -0.569 e. The number of alkyl halides is 3. The van der Waals surface area contributed by atoms with Crippen molar-refractivity contribution in [2.75, 3.05) is 13.7 Å². The van der Waals surface area contributed by atoms with Gasteiger partial charge in [0.2, 0.25) is 0 Å². The number of rotatable bonds is 18. The van der Waals surface area contributed by atoms with Crippen molar-refractivity contribution < 1.29 is 45.2 Å². The van der Waals surface area contributed by atoms with E-state index in [0.717, 1.165) is 68.9 Å². The lowest BCUT2D eigenvalue weighted by atomic mass is 10.0. The average molecular weight is 667 g/mol. The summed E-state index contributed by atoms with van der Waals surface area (Å²) in [6.07, 6.45) is 9.08. The zero-order chi connectivity index (χ0) is 32.9. The van der Waals surface area contributed by atoms with Crippen LogP contribution in [0.15, 0.2) is 71.6 Å². The van der Waals surface area contributed by atoms with Crippen LogP contribution in [0.25, 0.3) is 10.8 Å². The fourth-order valence-electron chi connectivity index (χ4n) is 4.18. The Hall–Kier alpha value is -3.91. The SMILES string of the molecule is COc1ccc(CCCCCCCCOc2ccc(CS(=O)c3cccc([N-]S(=O)(=O)C(F)(F)F)c3)nc2/C=C/C(=O)[O-])cc1. The first-order valence-corrected chi connectivity index (χ1v) is 16.8. The molecule has 0 aliphatic heterocycles. The first kappa shape index (κ1) is 35.6. The van der Waals surface area contributed by atoms with Crippen molar-refractivity contribution in [3.63, 3.8) is 0 Å². The Labute approximate surface area is 263 Å². The molecule has 0 saturated heterocycles. The molecule has 0 aliphatic rings. The molecule has 0 N–H and O–H groups in total. The van der Waals surface area contributed by atoms with Gasteiger partial charge >= 0.3 is 5.51 Å². The fraction of sp³-hybridized carbons (Fsp3) is 0.355. The van der Waals surface area contributed by atoms with Crippen LogP contribution in [0, 0.1) is 0 Å². The molecule has 3 rings (SSSR count). The zero-order valence-electron chi connectivity index (χ0n) is 24.5. The van der Waals surface area contributed by atoms with E-state index in [1.807, 2.05) is 12.1 Å². The molecule has 3 aromatic rings. The number of unbranched alkanes of at least 4 members (excludes halogenated alkanes) is 5. The predicted octanol–water partition coefficient (Wildman–Crippen LogP) is 5.98. The highest BCUT2D eigenvalue weighted by Crippen LogP contribution is 2.35. The number of carboxylic acids is 1. The van der Waals surface area contributed by atoms with Crippen molar-refractivity contribution in [2.45, 2.75) is 61.1 Å². The van der Waals surface area contributed by atoms with Gasteiger partial charge in [0.25, 0.3) is 0 Å². The van der Waals surface area contributed by atoms with Gasteiger partial charge in [0.15, 0.2) is 10.0 Å².